The van der Waals surface area contributed by atoms with Gasteiger partial charge in [-0.25, -0.2) is 0 Å². The number of anilines is 1. The maximum absolute atomic E-state index is 11.2. The Labute approximate surface area is 77.5 Å². The number of carbonyl (C=O) groups excluding carboxylic acids is 1. The molecule has 0 aromatic heterocycles. The van der Waals surface area contributed by atoms with Crippen LogP contribution in [-0.2, 0) is 4.79 Å². The molecule has 0 amide bonds. The molecule has 1 atom stereocenters. The van der Waals surface area contributed by atoms with Crippen molar-refractivity contribution in [2.24, 2.45) is 0 Å². The quantitative estimate of drug-likeness (QED) is 0.647. The van der Waals surface area contributed by atoms with Crippen LogP contribution >= 0.6 is 0 Å². The van der Waals surface area contributed by atoms with Crippen LogP contribution < -0.4 is 4.90 Å². The molecular weight excluding hydrogens is 162 g/mol. The first-order valence-electron chi connectivity index (χ1n) is 4.34. The molecule has 0 radical (unpaired) electrons. The molecule has 0 aliphatic carbocycles. The van der Waals surface area contributed by atoms with Gasteiger partial charge in [-0.15, -0.1) is 0 Å². The monoisotopic (exact) mass is 173 g/mol. The lowest BCUT2D eigenvalue weighted by atomic mass is 10.2. The number of hydrogen-bond acceptors (Lipinski definition) is 2. The Morgan fingerprint density at radius 2 is 1.92 bits per heavy atom. The Bertz CT molecular complexity index is 342. The molecule has 0 saturated heterocycles. The smallest absolute Gasteiger partial charge is 0.179 e. The molecule has 1 heterocycles. The van der Waals surface area contributed by atoms with Gasteiger partial charge in [-0.05, 0) is 25.1 Å². The second kappa shape index (κ2) is 3.05. The molecule has 2 rings (SSSR count). The zero-order valence-electron chi connectivity index (χ0n) is 7.47. The number of carbonyl (C=O) groups is 1. The molecule has 0 fully saturated rings. The van der Waals surface area contributed by atoms with Crippen LogP contribution in [0.5, 0.6) is 0 Å². The summed E-state index contributed by atoms with van der Waals surface area (Å²) in [5.41, 5.74) is 1.07. The van der Waals surface area contributed by atoms with E-state index in [2.05, 4.69) is 0 Å². The highest BCUT2D eigenvalue weighted by Gasteiger charge is 2.22. The van der Waals surface area contributed by atoms with Gasteiger partial charge in [0, 0.05) is 11.9 Å². The summed E-state index contributed by atoms with van der Waals surface area (Å²) in [5.74, 6) is 0.170. The summed E-state index contributed by atoms with van der Waals surface area (Å²) in [5, 5.41) is 0. The Hall–Kier alpha value is -1.57. The van der Waals surface area contributed by atoms with Crippen LogP contribution in [0.3, 0.4) is 0 Å². The van der Waals surface area contributed by atoms with Crippen LogP contribution in [0.1, 0.15) is 6.92 Å². The molecule has 13 heavy (non-hydrogen) atoms. The minimum Gasteiger partial charge on any atom is -0.337 e. The van der Waals surface area contributed by atoms with Gasteiger partial charge in [-0.3, -0.25) is 4.79 Å². The van der Waals surface area contributed by atoms with Crippen molar-refractivity contribution < 1.29 is 4.79 Å². The van der Waals surface area contributed by atoms with E-state index < -0.39 is 0 Å². The summed E-state index contributed by atoms with van der Waals surface area (Å²) in [7, 11) is 0. The Balaban J connectivity index is 2.29. The second-order valence-corrected chi connectivity index (χ2v) is 3.14. The summed E-state index contributed by atoms with van der Waals surface area (Å²) >= 11 is 0. The molecule has 1 aliphatic heterocycles. The van der Waals surface area contributed by atoms with Crippen molar-refractivity contribution in [3.63, 3.8) is 0 Å². The summed E-state index contributed by atoms with van der Waals surface area (Å²) in [4.78, 5) is 13.2. The van der Waals surface area contributed by atoms with Gasteiger partial charge in [0.15, 0.2) is 5.78 Å². The standard InChI is InChI=1S/C11H11NO/c1-9-11(13)7-8-12(9)10-5-3-2-4-6-10/h2-9H,1H3. The van der Waals surface area contributed by atoms with Crippen LogP contribution in [0.4, 0.5) is 5.69 Å². The van der Waals surface area contributed by atoms with Crippen molar-refractivity contribution >= 4 is 11.5 Å². The Morgan fingerprint density at radius 1 is 1.23 bits per heavy atom. The van der Waals surface area contributed by atoms with Crippen LogP contribution in [0.2, 0.25) is 0 Å². The van der Waals surface area contributed by atoms with Gasteiger partial charge in [0.1, 0.15) is 0 Å². The predicted molar refractivity (Wildman–Crippen MR) is 52.5 cm³/mol. The third kappa shape index (κ3) is 1.35. The first-order valence-corrected chi connectivity index (χ1v) is 4.34. The van der Waals surface area contributed by atoms with Gasteiger partial charge in [-0.1, -0.05) is 18.2 Å². The van der Waals surface area contributed by atoms with Gasteiger partial charge in [0.05, 0.1) is 6.04 Å². The number of hydrogen-bond donors (Lipinski definition) is 0. The lowest BCUT2D eigenvalue weighted by Crippen LogP contribution is -2.28. The van der Waals surface area contributed by atoms with Crippen molar-refractivity contribution in [2.45, 2.75) is 13.0 Å². The van der Waals surface area contributed by atoms with Crippen LogP contribution in [0.25, 0.3) is 0 Å². The van der Waals surface area contributed by atoms with Gasteiger partial charge < -0.3 is 4.90 Å². The van der Waals surface area contributed by atoms with Gasteiger partial charge >= 0.3 is 0 Å². The zero-order valence-corrected chi connectivity index (χ0v) is 7.47. The van der Waals surface area contributed by atoms with Crippen molar-refractivity contribution in [2.75, 3.05) is 4.90 Å². The van der Waals surface area contributed by atoms with Gasteiger partial charge in [-0.2, -0.15) is 0 Å². The minimum absolute atomic E-state index is 0.0533. The average Bonchev–Trinajstić information content (AvgIpc) is 2.49. The fourth-order valence-corrected chi connectivity index (χ4v) is 1.47. The number of ketones is 1. The first-order chi connectivity index (χ1) is 6.29. The highest BCUT2D eigenvalue weighted by atomic mass is 16.1. The van der Waals surface area contributed by atoms with E-state index in [1.54, 1.807) is 6.08 Å². The molecule has 2 heteroatoms. The van der Waals surface area contributed by atoms with Crippen molar-refractivity contribution in [1.82, 2.24) is 0 Å². The van der Waals surface area contributed by atoms with Gasteiger partial charge in [0.25, 0.3) is 0 Å². The molecule has 2 nitrogen and oxygen atoms in total. The van der Waals surface area contributed by atoms with Crippen LogP contribution in [0.15, 0.2) is 42.6 Å². The largest absolute Gasteiger partial charge is 0.337 e. The first kappa shape index (κ1) is 8.05. The van der Waals surface area contributed by atoms with Gasteiger partial charge in [0.2, 0.25) is 0 Å². The SMILES string of the molecule is CC1C(=O)C=CN1c1ccccc1. The Kier molecular flexibility index (Phi) is 1.89. The highest BCUT2D eigenvalue weighted by molar-refractivity contribution is 6.00. The number of rotatable bonds is 1. The third-order valence-corrected chi connectivity index (χ3v) is 2.28. The summed E-state index contributed by atoms with van der Waals surface area (Å²) in [6, 6.07) is 9.86. The third-order valence-electron chi connectivity index (χ3n) is 2.28. The molecule has 1 aromatic rings. The zero-order chi connectivity index (χ0) is 9.26. The van der Waals surface area contributed by atoms with Crippen molar-refractivity contribution in [1.29, 1.82) is 0 Å². The van der Waals surface area contributed by atoms with E-state index in [0.29, 0.717) is 0 Å². The normalized spacial score (nSPS) is 21.2. The van der Waals surface area contributed by atoms with Crippen molar-refractivity contribution in [3.8, 4) is 0 Å². The van der Waals surface area contributed by atoms with E-state index in [0.717, 1.165) is 5.69 Å². The number of benzene rings is 1. The van der Waals surface area contributed by atoms with E-state index in [1.807, 2.05) is 48.4 Å². The molecule has 1 aromatic carbocycles. The second-order valence-electron chi connectivity index (χ2n) is 3.14. The fourth-order valence-electron chi connectivity index (χ4n) is 1.47. The molecule has 1 unspecified atom stereocenters. The van der Waals surface area contributed by atoms with E-state index in [4.69, 9.17) is 0 Å². The molecule has 0 bridgehead atoms. The molecule has 66 valence electrons. The summed E-state index contributed by atoms with van der Waals surface area (Å²) in [6.45, 7) is 1.91. The van der Waals surface area contributed by atoms with Crippen molar-refractivity contribution in [3.05, 3.63) is 42.6 Å². The summed E-state index contributed by atoms with van der Waals surface area (Å²) in [6.07, 6.45) is 3.46. The van der Waals surface area contributed by atoms with Crippen LogP contribution in [-0.4, -0.2) is 11.8 Å². The lowest BCUT2D eigenvalue weighted by Gasteiger charge is -2.20. The molecular formula is C11H11NO. The van der Waals surface area contributed by atoms with Crippen LogP contribution in [0, 0.1) is 0 Å². The summed E-state index contributed by atoms with van der Waals surface area (Å²) < 4.78 is 0. The number of nitrogens with zero attached hydrogens (tertiary/aromatic N) is 1. The number of para-hydroxylation sites is 1. The maximum Gasteiger partial charge on any atom is 0.179 e. The topological polar surface area (TPSA) is 20.3 Å². The highest BCUT2D eigenvalue weighted by Crippen LogP contribution is 2.21. The van der Waals surface area contributed by atoms with E-state index in [9.17, 15) is 4.79 Å². The maximum atomic E-state index is 11.2. The molecule has 0 spiro atoms. The van der Waals surface area contributed by atoms with E-state index >= 15 is 0 Å². The molecule has 0 N–H and O–H groups in total. The predicted octanol–water partition coefficient (Wildman–Crippen LogP) is 1.98. The minimum atomic E-state index is -0.0533. The Morgan fingerprint density at radius 3 is 2.46 bits per heavy atom. The van der Waals surface area contributed by atoms with E-state index in [1.165, 1.54) is 0 Å². The molecule has 0 saturated carbocycles. The average molecular weight is 173 g/mol. The fraction of sp³-hybridized carbons (Fsp3) is 0.182. The molecule has 1 aliphatic rings. The lowest BCUT2D eigenvalue weighted by molar-refractivity contribution is -0.114. The van der Waals surface area contributed by atoms with E-state index in [-0.39, 0.29) is 11.8 Å².